The molecule has 0 radical (unpaired) electrons. The average Bonchev–Trinajstić information content (AvgIpc) is 2.92. The van der Waals surface area contributed by atoms with Gasteiger partial charge in [-0.3, -0.25) is 19.2 Å². The van der Waals surface area contributed by atoms with Crippen LogP contribution >= 0.6 is 78.1 Å². The molecule has 0 bridgehead atoms. The first kappa shape index (κ1) is 32.4. The lowest BCUT2D eigenvalue weighted by Gasteiger charge is -2.22. The average molecular weight is 701 g/mol. The highest BCUT2D eigenvalue weighted by atomic mass is 35.5. The van der Waals surface area contributed by atoms with Crippen LogP contribution in [0.5, 0.6) is 0 Å². The molecule has 0 amide bonds. The van der Waals surface area contributed by atoms with Crippen molar-refractivity contribution in [3.05, 3.63) is 135 Å². The predicted octanol–water partition coefficient (Wildman–Crippen LogP) is 9.81. The van der Waals surface area contributed by atoms with Crippen molar-refractivity contribution in [1.29, 1.82) is 0 Å². The second-order valence-electron chi connectivity index (χ2n) is 9.01. The summed E-state index contributed by atoms with van der Waals surface area (Å²) in [5.74, 6) is -2.45. The van der Waals surface area contributed by atoms with Crippen molar-refractivity contribution in [3.8, 4) is 0 Å². The first-order chi connectivity index (χ1) is 19.8. The Morgan fingerprint density at radius 2 is 0.690 bits per heavy atom. The number of hydrogen-bond acceptors (Lipinski definition) is 5. The maximum absolute atomic E-state index is 14.3. The first-order valence-electron chi connectivity index (χ1n) is 12.0. The molecule has 4 rings (SSSR count). The SMILES string of the molecule is Cc1c(C(=O)[PH2]=O)c(C(=O)c2c(Cl)cccc2Cl)c(C)c(C(=O)c2c(Cl)cccc2Cl)c1C(=O)c1c(Cl)cccc1Cl. The summed E-state index contributed by atoms with van der Waals surface area (Å²) in [5.41, 5.74) is -2.77. The van der Waals surface area contributed by atoms with Gasteiger partial charge in [0.15, 0.2) is 17.3 Å². The minimum absolute atomic E-state index is 0.0232. The standard InChI is InChI=1S/C30H17Cl6O5P/c1-12-20(27(37)24-14(31)6-3-7-15(24)32)21(28(38)25-16(33)8-4-9-17(25)34)13(2)23(30(40)42-41)22(12)29(39)26-18(35)10-5-11-19(26)36/h3-11H,42H2,1-2H3. The van der Waals surface area contributed by atoms with Crippen LogP contribution in [-0.4, -0.2) is 22.9 Å². The van der Waals surface area contributed by atoms with Gasteiger partial charge in [0.25, 0.3) is 0 Å². The van der Waals surface area contributed by atoms with Gasteiger partial charge in [-0.2, -0.15) is 0 Å². The number of ketones is 3. The van der Waals surface area contributed by atoms with Gasteiger partial charge in [-0.25, -0.2) is 0 Å². The number of carbonyl (C=O) groups is 4. The summed E-state index contributed by atoms with van der Waals surface area (Å²) in [6.07, 6.45) is 0. The summed E-state index contributed by atoms with van der Waals surface area (Å²) < 4.78 is 12.1. The van der Waals surface area contributed by atoms with E-state index < -0.39 is 31.3 Å². The quantitative estimate of drug-likeness (QED) is 0.135. The smallest absolute Gasteiger partial charge is 0.216 e. The topological polar surface area (TPSA) is 85.3 Å². The second kappa shape index (κ2) is 13.0. The Hall–Kier alpha value is -2.47. The number of hydrogen-bond donors (Lipinski definition) is 0. The van der Waals surface area contributed by atoms with E-state index in [0.29, 0.717) is 0 Å². The van der Waals surface area contributed by atoms with Crippen LogP contribution in [0.3, 0.4) is 0 Å². The third kappa shape index (κ3) is 5.73. The first-order valence-corrected chi connectivity index (χ1v) is 15.3. The minimum Gasteiger partial charge on any atom is -0.322 e. The molecule has 0 aliphatic heterocycles. The lowest BCUT2D eigenvalue weighted by atomic mass is 9.80. The maximum Gasteiger partial charge on any atom is 0.216 e. The zero-order valence-corrected chi connectivity index (χ0v) is 27.3. The van der Waals surface area contributed by atoms with Gasteiger partial charge >= 0.3 is 0 Å². The van der Waals surface area contributed by atoms with E-state index >= 15 is 0 Å². The van der Waals surface area contributed by atoms with E-state index in [2.05, 4.69) is 0 Å². The molecule has 0 spiro atoms. The highest BCUT2D eigenvalue weighted by Crippen LogP contribution is 2.39. The Balaban J connectivity index is 2.23. The van der Waals surface area contributed by atoms with Crippen molar-refractivity contribution in [2.75, 3.05) is 0 Å². The molecule has 0 aliphatic carbocycles. The molecule has 12 heteroatoms. The lowest BCUT2D eigenvalue weighted by Crippen LogP contribution is -2.23. The Labute approximate surface area is 271 Å². The van der Waals surface area contributed by atoms with E-state index in [4.69, 9.17) is 69.6 Å². The Morgan fingerprint density at radius 3 is 0.952 bits per heavy atom. The van der Waals surface area contributed by atoms with Crippen molar-refractivity contribution < 1.29 is 23.7 Å². The van der Waals surface area contributed by atoms with Gasteiger partial charge in [0.2, 0.25) is 5.52 Å². The van der Waals surface area contributed by atoms with Crippen LogP contribution in [0.1, 0.15) is 69.2 Å². The van der Waals surface area contributed by atoms with Crippen molar-refractivity contribution in [2.45, 2.75) is 13.8 Å². The fourth-order valence-corrected chi connectivity index (χ4v) is 6.92. The molecule has 0 saturated heterocycles. The summed E-state index contributed by atoms with van der Waals surface area (Å²) in [6.45, 7) is 2.73. The van der Waals surface area contributed by atoms with E-state index in [1.807, 2.05) is 0 Å². The molecular weight excluding hydrogens is 684 g/mol. The summed E-state index contributed by atoms with van der Waals surface area (Å²) in [4.78, 5) is 55.8. The molecule has 5 nitrogen and oxygen atoms in total. The van der Waals surface area contributed by atoms with Gasteiger partial charge in [0, 0.05) is 22.3 Å². The molecular formula is C30H17Cl6O5P. The van der Waals surface area contributed by atoms with Crippen molar-refractivity contribution >= 4 is 101 Å². The molecule has 0 heterocycles. The van der Waals surface area contributed by atoms with Crippen LogP contribution in [0.25, 0.3) is 0 Å². The molecule has 0 aromatic heterocycles. The van der Waals surface area contributed by atoms with E-state index in [1.165, 1.54) is 68.4 Å². The zero-order valence-electron chi connectivity index (χ0n) is 21.6. The van der Waals surface area contributed by atoms with Gasteiger partial charge in [-0.05, 0) is 61.4 Å². The number of halogens is 6. The van der Waals surface area contributed by atoms with Gasteiger partial charge in [0.1, 0.15) is 8.46 Å². The third-order valence-electron chi connectivity index (χ3n) is 6.60. The van der Waals surface area contributed by atoms with Crippen molar-refractivity contribution in [2.24, 2.45) is 0 Å². The monoisotopic (exact) mass is 698 g/mol. The van der Waals surface area contributed by atoms with E-state index in [0.717, 1.165) is 0 Å². The zero-order chi connectivity index (χ0) is 31.0. The summed E-state index contributed by atoms with van der Waals surface area (Å²) in [6, 6.07) is 13.2. The fourth-order valence-electron chi connectivity index (χ4n) is 4.74. The predicted molar refractivity (Wildman–Crippen MR) is 170 cm³/mol. The number of carbonyl (C=O) groups excluding carboxylic acids is 4. The van der Waals surface area contributed by atoms with E-state index in [9.17, 15) is 23.7 Å². The molecule has 214 valence electrons. The number of benzene rings is 4. The Bertz CT molecular complexity index is 1810. The molecule has 1 atom stereocenters. The van der Waals surface area contributed by atoms with Crippen LogP contribution in [0.4, 0.5) is 0 Å². The molecule has 42 heavy (non-hydrogen) atoms. The molecule has 4 aromatic carbocycles. The van der Waals surface area contributed by atoms with Gasteiger partial charge in [-0.1, -0.05) is 87.8 Å². The molecule has 0 aliphatic rings. The number of rotatable bonds is 8. The second-order valence-corrected chi connectivity index (χ2v) is 12.2. The largest absolute Gasteiger partial charge is 0.322 e. The molecule has 0 N–H and O–H groups in total. The van der Waals surface area contributed by atoms with Crippen LogP contribution in [-0.2, 0) is 4.57 Å². The maximum atomic E-state index is 14.3. The summed E-state index contributed by atoms with van der Waals surface area (Å²) in [5, 5.41) is -0.146. The van der Waals surface area contributed by atoms with Crippen molar-refractivity contribution in [1.82, 2.24) is 0 Å². The van der Waals surface area contributed by atoms with E-state index in [1.54, 1.807) is 0 Å². The summed E-state index contributed by atoms with van der Waals surface area (Å²) in [7, 11) is -2.10. The normalized spacial score (nSPS) is 11.2. The Kier molecular flexibility index (Phi) is 10.1. The fraction of sp³-hybridized carbons (Fsp3) is 0.0667. The molecule has 1 unspecified atom stereocenters. The van der Waals surface area contributed by atoms with Crippen LogP contribution in [0.15, 0.2) is 54.6 Å². The van der Waals surface area contributed by atoms with Gasteiger partial charge < -0.3 is 4.57 Å². The Morgan fingerprint density at radius 1 is 0.452 bits per heavy atom. The van der Waals surface area contributed by atoms with Crippen molar-refractivity contribution in [3.63, 3.8) is 0 Å². The molecule has 4 aromatic rings. The minimum atomic E-state index is -2.10. The van der Waals surface area contributed by atoms with Gasteiger partial charge in [0.05, 0.1) is 46.8 Å². The van der Waals surface area contributed by atoms with Crippen LogP contribution < -0.4 is 0 Å². The third-order valence-corrected chi connectivity index (χ3v) is 9.00. The van der Waals surface area contributed by atoms with Gasteiger partial charge in [-0.15, -0.1) is 0 Å². The molecule has 0 saturated carbocycles. The molecule has 0 fully saturated rings. The van der Waals surface area contributed by atoms with Crippen LogP contribution in [0, 0.1) is 13.8 Å². The highest BCUT2D eigenvalue weighted by Gasteiger charge is 2.36. The highest BCUT2D eigenvalue weighted by molar-refractivity contribution is 7.47. The van der Waals surface area contributed by atoms with E-state index in [-0.39, 0.29) is 80.2 Å². The van der Waals surface area contributed by atoms with Crippen LogP contribution in [0.2, 0.25) is 30.1 Å². The lowest BCUT2D eigenvalue weighted by molar-refractivity contribution is 0.0997. The summed E-state index contributed by atoms with van der Waals surface area (Å²) >= 11 is 38.2.